The van der Waals surface area contributed by atoms with Gasteiger partial charge in [0.05, 0.1) is 12.1 Å². The highest BCUT2D eigenvalue weighted by molar-refractivity contribution is 5.96. The molecule has 2 fully saturated rings. The lowest BCUT2D eigenvalue weighted by molar-refractivity contribution is -0.117. The van der Waals surface area contributed by atoms with Gasteiger partial charge in [-0.3, -0.25) is 4.79 Å². The Morgan fingerprint density at radius 2 is 1.36 bits per heavy atom. The molecule has 45 heavy (non-hydrogen) atoms. The van der Waals surface area contributed by atoms with Gasteiger partial charge >= 0.3 is 0 Å². The van der Waals surface area contributed by atoms with Crippen molar-refractivity contribution in [3.8, 4) is 22.3 Å². The van der Waals surface area contributed by atoms with E-state index < -0.39 is 0 Å². The van der Waals surface area contributed by atoms with Crippen LogP contribution in [0.3, 0.4) is 0 Å². The molecule has 0 saturated carbocycles. The Bertz CT molecular complexity index is 1580. The van der Waals surface area contributed by atoms with E-state index in [0.29, 0.717) is 0 Å². The van der Waals surface area contributed by atoms with Gasteiger partial charge in [0.15, 0.2) is 0 Å². The highest BCUT2D eigenvalue weighted by Gasteiger charge is 2.43. The molecular formula is C39H50N4O2. The number of carbonyl (C=O) groups is 2. The molecular weight excluding hydrogens is 556 g/mol. The van der Waals surface area contributed by atoms with Crippen LogP contribution < -0.4 is 21.3 Å². The van der Waals surface area contributed by atoms with Crippen LogP contribution in [-0.4, -0.2) is 44.4 Å². The van der Waals surface area contributed by atoms with Gasteiger partial charge < -0.3 is 26.1 Å². The van der Waals surface area contributed by atoms with Crippen molar-refractivity contribution in [2.75, 3.05) is 30.8 Å². The van der Waals surface area contributed by atoms with E-state index in [9.17, 15) is 9.59 Å². The fourth-order valence-corrected chi connectivity index (χ4v) is 8.16. The monoisotopic (exact) mass is 606 g/mol. The fraction of sp³-hybridized carbons (Fsp3) is 0.487. The molecule has 2 heterocycles. The molecule has 2 saturated heterocycles. The third-order valence-corrected chi connectivity index (χ3v) is 10.6. The van der Waals surface area contributed by atoms with Gasteiger partial charge in [0.2, 0.25) is 5.91 Å². The lowest BCUT2D eigenvalue weighted by Gasteiger charge is -2.31. The molecule has 2 aliphatic carbocycles. The van der Waals surface area contributed by atoms with E-state index in [2.05, 4.69) is 91.4 Å². The van der Waals surface area contributed by atoms with Crippen molar-refractivity contribution in [2.24, 2.45) is 0 Å². The summed E-state index contributed by atoms with van der Waals surface area (Å²) in [7, 11) is 2.00. The summed E-state index contributed by atoms with van der Waals surface area (Å²) in [5.74, 6) is 0.0799. The minimum absolute atomic E-state index is 0.0799. The van der Waals surface area contributed by atoms with Gasteiger partial charge in [-0.05, 0) is 144 Å². The van der Waals surface area contributed by atoms with Crippen LogP contribution >= 0.6 is 0 Å². The zero-order valence-corrected chi connectivity index (χ0v) is 27.7. The third kappa shape index (κ3) is 6.19. The number of carbonyl (C=O) groups excluding carboxylic acids is 2. The summed E-state index contributed by atoms with van der Waals surface area (Å²) < 4.78 is 0. The summed E-state index contributed by atoms with van der Waals surface area (Å²) in [5, 5.41) is 12.9. The van der Waals surface area contributed by atoms with Crippen LogP contribution in [0.1, 0.15) is 88.5 Å². The average Bonchev–Trinajstić information content (AvgIpc) is 3.85. The molecule has 1 amide bonds. The third-order valence-electron chi connectivity index (χ3n) is 10.6. The minimum atomic E-state index is -0.0838. The van der Waals surface area contributed by atoms with E-state index in [4.69, 9.17) is 0 Å². The predicted molar refractivity (Wildman–Crippen MR) is 186 cm³/mol. The molecule has 3 aromatic carbocycles. The van der Waals surface area contributed by atoms with E-state index in [0.717, 1.165) is 82.1 Å². The van der Waals surface area contributed by atoms with Crippen molar-refractivity contribution in [3.63, 3.8) is 0 Å². The summed E-state index contributed by atoms with van der Waals surface area (Å²) in [6, 6.07) is 17.6. The van der Waals surface area contributed by atoms with Gasteiger partial charge in [-0.1, -0.05) is 52.0 Å². The van der Waals surface area contributed by atoms with Gasteiger partial charge in [0.1, 0.15) is 6.29 Å². The molecule has 6 nitrogen and oxygen atoms in total. The molecule has 0 aromatic heterocycles. The minimum Gasteiger partial charge on any atom is -0.388 e. The number of hydrogen-bond donors (Lipinski definition) is 4. The SMILES string of the molecule is CNc1cccc(-c2c3c(c(-c4cccc(NC(=O)C5CCCN5)c4)c4c2C(C)(C)CC4)C(C)(C)CC3)c1.O=CC1CCCN1. The molecule has 2 atom stereocenters. The molecule has 6 heteroatoms. The number of anilines is 2. The first-order valence-corrected chi connectivity index (χ1v) is 17.0. The van der Waals surface area contributed by atoms with Crippen LogP contribution in [0.25, 0.3) is 22.3 Å². The van der Waals surface area contributed by atoms with E-state index in [1.165, 1.54) is 44.5 Å². The van der Waals surface area contributed by atoms with E-state index in [-0.39, 0.29) is 28.8 Å². The predicted octanol–water partition coefficient (Wildman–Crippen LogP) is 7.14. The van der Waals surface area contributed by atoms with Crippen molar-refractivity contribution in [1.82, 2.24) is 10.6 Å². The van der Waals surface area contributed by atoms with Gasteiger partial charge in [0, 0.05) is 18.4 Å². The summed E-state index contributed by atoms with van der Waals surface area (Å²) in [6.07, 6.45) is 9.63. The van der Waals surface area contributed by atoms with Crippen LogP contribution in [0.2, 0.25) is 0 Å². The molecule has 3 aromatic rings. The number of aldehydes is 1. The molecule has 2 aliphatic heterocycles. The van der Waals surface area contributed by atoms with E-state index in [1.54, 1.807) is 0 Å². The van der Waals surface area contributed by atoms with Crippen LogP contribution in [0.5, 0.6) is 0 Å². The van der Waals surface area contributed by atoms with Crippen molar-refractivity contribution in [2.45, 2.75) is 102 Å². The van der Waals surface area contributed by atoms with E-state index >= 15 is 0 Å². The van der Waals surface area contributed by atoms with Gasteiger partial charge in [-0.25, -0.2) is 0 Å². The second-order valence-corrected chi connectivity index (χ2v) is 14.6. The summed E-state index contributed by atoms with van der Waals surface area (Å²) in [6.45, 7) is 11.6. The Morgan fingerprint density at radius 3 is 1.84 bits per heavy atom. The lowest BCUT2D eigenvalue weighted by atomic mass is 9.73. The molecule has 4 aliphatic rings. The molecule has 0 radical (unpaired) electrons. The number of hydrogen-bond acceptors (Lipinski definition) is 5. The van der Waals surface area contributed by atoms with Crippen molar-refractivity contribution < 1.29 is 9.59 Å². The molecule has 0 spiro atoms. The summed E-state index contributed by atoms with van der Waals surface area (Å²) >= 11 is 0. The lowest BCUT2D eigenvalue weighted by Crippen LogP contribution is -2.35. The largest absolute Gasteiger partial charge is 0.388 e. The Morgan fingerprint density at radius 1 is 0.800 bits per heavy atom. The Hall–Kier alpha value is -3.48. The number of benzene rings is 3. The molecule has 238 valence electrons. The van der Waals surface area contributed by atoms with Crippen LogP contribution in [0.15, 0.2) is 48.5 Å². The van der Waals surface area contributed by atoms with E-state index in [1.807, 2.05) is 13.1 Å². The summed E-state index contributed by atoms with van der Waals surface area (Å²) in [5.41, 5.74) is 13.8. The topological polar surface area (TPSA) is 82.3 Å². The average molecular weight is 607 g/mol. The number of amides is 1. The van der Waals surface area contributed by atoms with Crippen molar-refractivity contribution >= 4 is 23.6 Å². The maximum Gasteiger partial charge on any atom is 0.241 e. The maximum absolute atomic E-state index is 12.9. The molecule has 0 bridgehead atoms. The number of rotatable bonds is 6. The highest BCUT2D eigenvalue weighted by atomic mass is 16.2. The Labute approximate surface area is 269 Å². The zero-order valence-electron chi connectivity index (χ0n) is 27.7. The molecule has 2 unspecified atom stereocenters. The van der Waals surface area contributed by atoms with Gasteiger partial charge in [0.25, 0.3) is 0 Å². The van der Waals surface area contributed by atoms with Crippen LogP contribution in [0.4, 0.5) is 11.4 Å². The quantitative estimate of drug-likeness (QED) is 0.224. The van der Waals surface area contributed by atoms with Crippen LogP contribution in [-0.2, 0) is 33.3 Å². The van der Waals surface area contributed by atoms with Crippen molar-refractivity contribution in [3.05, 3.63) is 70.8 Å². The number of fused-ring (bicyclic) bond motifs is 2. The van der Waals surface area contributed by atoms with Gasteiger partial charge in [-0.2, -0.15) is 0 Å². The first-order chi connectivity index (χ1) is 21.6. The number of nitrogens with one attached hydrogen (secondary N) is 4. The smallest absolute Gasteiger partial charge is 0.241 e. The zero-order chi connectivity index (χ0) is 31.8. The standard InChI is InChI=1S/C34H41N3O.C5H9NO/c1-33(2)17-15-26-29(22-10-7-12-24(20-22)37-32(38)27-13-8-18-36-27)31-25(14-16-34(31,3)4)28(30(26)33)21-9-6-11-23(19-21)35-5;7-4-5-2-1-3-6-5/h6-7,9-12,19-20,27,35-36H,8,13-18H2,1-5H3,(H,37,38);4-6H,1-3H2. The first-order valence-electron chi connectivity index (χ1n) is 17.0. The normalized spacial score (nSPS) is 22.2. The first kappa shape index (κ1) is 31.5. The molecule has 4 N–H and O–H groups in total. The second kappa shape index (κ2) is 12.7. The van der Waals surface area contributed by atoms with Gasteiger partial charge in [-0.15, -0.1) is 0 Å². The fourth-order valence-electron chi connectivity index (χ4n) is 8.16. The Kier molecular flexibility index (Phi) is 8.91. The van der Waals surface area contributed by atoms with Crippen LogP contribution in [0, 0.1) is 0 Å². The summed E-state index contributed by atoms with van der Waals surface area (Å²) in [4.78, 5) is 22.8. The maximum atomic E-state index is 12.9. The Balaban J connectivity index is 0.000000452. The second-order valence-electron chi connectivity index (χ2n) is 14.6. The highest BCUT2D eigenvalue weighted by Crippen LogP contribution is 2.56. The van der Waals surface area contributed by atoms with Crippen molar-refractivity contribution in [1.29, 1.82) is 0 Å². The molecule has 7 rings (SSSR count).